The molecule has 1 aliphatic heterocycles. The molecule has 2 aromatic rings. The fourth-order valence-electron chi connectivity index (χ4n) is 2.90. The predicted octanol–water partition coefficient (Wildman–Crippen LogP) is 3.51. The Hall–Kier alpha value is -2.14. The second-order valence-electron chi connectivity index (χ2n) is 5.86. The topological polar surface area (TPSA) is 55.3 Å². The molecule has 0 aliphatic carbocycles. The zero-order chi connectivity index (χ0) is 16.6. The number of alkyl halides is 1. The molecule has 3 rings (SSSR count). The number of hydrogen-bond acceptors (Lipinski definition) is 4. The molecule has 0 atom stereocenters. The minimum absolute atomic E-state index is 0.0888. The molecule has 0 saturated heterocycles. The van der Waals surface area contributed by atoms with Gasteiger partial charge in [-0.05, 0) is 38.5 Å². The number of nitrogens with zero attached hydrogens (tertiary/aromatic N) is 3. The van der Waals surface area contributed by atoms with Gasteiger partial charge in [0.1, 0.15) is 0 Å². The van der Waals surface area contributed by atoms with Gasteiger partial charge in [-0.3, -0.25) is 14.7 Å². The normalized spacial score (nSPS) is 15.7. The molecule has 3 heterocycles. The van der Waals surface area contributed by atoms with E-state index in [-0.39, 0.29) is 5.91 Å². The maximum Gasteiger partial charge on any atom is 0.261 e. The first-order valence-electron chi connectivity index (χ1n) is 7.47. The van der Waals surface area contributed by atoms with E-state index in [2.05, 4.69) is 9.97 Å². The number of fused-ring (bicyclic) bond motifs is 1. The van der Waals surface area contributed by atoms with Crippen LogP contribution in [0.2, 0.25) is 0 Å². The number of halogens is 1. The zero-order valence-electron chi connectivity index (χ0n) is 13.3. The molecule has 0 saturated carbocycles. The third-order valence-corrected chi connectivity index (χ3v) is 4.24. The van der Waals surface area contributed by atoms with Gasteiger partial charge < -0.3 is 4.74 Å². The van der Waals surface area contributed by atoms with Crippen LogP contribution in [0.25, 0.3) is 0 Å². The van der Waals surface area contributed by atoms with E-state index in [1.54, 1.807) is 29.4 Å². The highest BCUT2D eigenvalue weighted by Gasteiger charge is 2.45. The lowest BCUT2D eigenvalue weighted by Crippen LogP contribution is -2.39. The first-order valence-corrected chi connectivity index (χ1v) is 8.01. The number of ether oxygens (including phenoxy) is 1. The summed E-state index contributed by atoms with van der Waals surface area (Å²) in [6.07, 6.45) is 3.37. The largest absolute Gasteiger partial charge is 0.478 e. The number of rotatable bonds is 4. The molecule has 0 fully saturated rings. The molecule has 2 aromatic heterocycles. The summed E-state index contributed by atoms with van der Waals surface area (Å²) in [6, 6.07) is 5.39. The predicted molar refractivity (Wildman–Crippen MR) is 89.0 cm³/mol. The quantitative estimate of drug-likeness (QED) is 0.804. The molecule has 0 radical (unpaired) electrons. The Morgan fingerprint density at radius 1 is 1.30 bits per heavy atom. The highest BCUT2D eigenvalue weighted by Crippen LogP contribution is 2.41. The molecule has 120 valence electrons. The Bertz CT molecular complexity index is 761. The summed E-state index contributed by atoms with van der Waals surface area (Å²) in [5, 5.41) is 0. The Balaban J connectivity index is 2.08. The van der Waals surface area contributed by atoms with Crippen LogP contribution in [-0.2, 0) is 11.4 Å². The summed E-state index contributed by atoms with van der Waals surface area (Å²) in [5.41, 5.74) is 2.30. The van der Waals surface area contributed by atoms with Crippen molar-refractivity contribution in [3.63, 3.8) is 0 Å². The molecule has 0 spiro atoms. The van der Waals surface area contributed by atoms with Gasteiger partial charge in [-0.1, -0.05) is 0 Å². The van der Waals surface area contributed by atoms with Crippen molar-refractivity contribution in [1.82, 2.24) is 9.97 Å². The molecule has 0 aromatic carbocycles. The Labute approximate surface area is 140 Å². The summed E-state index contributed by atoms with van der Waals surface area (Å²) < 4.78 is 5.47. The SMILES string of the molecule is CCOc1ccc2c(n1)C(C)(C)N(c1cncc(CCl)c1)C2=O. The first-order chi connectivity index (χ1) is 11.0. The fraction of sp³-hybridized carbons (Fsp3) is 0.353. The molecule has 6 heteroatoms. The molecule has 0 N–H and O–H groups in total. The van der Waals surface area contributed by atoms with Crippen LogP contribution in [0.4, 0.5) is 5.69 Å². The van der Waals surface area contributed by atoms with E-state index in [4.69, 9.17) is 16.3 Å². The third kappa shape index (κ3) is 2.55. The minimum atomic E-state index is -0.591. The van der Waals surface area contributed by atoms with Crippen molar-refractivity contribution in [2.75, 3.05) is 11.5 Å². The van der Waals surface area contributed by atoms with Crippen molar-refractivity contribution in [1.29, 1.82) is 0 Å². The number of hydrogen-bond donors (Lipinski definition) is 0. The number of aromatic nitrogens is 2. The molecule has 0 bridgehead atoms. The van der Waals surface area contributed by atoms with Crippen LogP contribution < -0.4 is 9.64 Å². The van der Waals surface area contributed by atoms with Gasteiger partial charge in [0, 0.05) is 18.1 Å². The van der Waals surface area contributed by atoms with E-state index in [1.165, 1.54) is 0 Å². The summed E-state index contributed by atoms with van der Waals surface area (Å²) in [4.78, 5) is 23.3. The van der Waals surface area contributed by atoms with Gasteiger partial charge in [-0.2, -0.15) is 0 Å². The maximum absolute atomic E-state index is 12.9. The van der Waals surface area contributed by atoms with Crippen molar-refractivity contribution >= 4 is 23.2 Å². The van der Waals surface area contributed by atoms with Crippen LogP contribution in [0.15, 0.2) is 30.6 Å². The van der Waals surface area contributed by atoms with Crippen LogP contribution in [-0.4, -0.2) is 22.5 Å². The molecule has 23 heavy (non-hydrogen) atoms. The number of anilines is 1. The highest BCUT2D eigenvalue weighted by molar-refractivity contribution is 6.17. The van der Waals surface area contributed by atoms with E-state index in [9.17, 15) is 4.79 Å². The molecular weight excluding hydrogens is 314 g/mol. The second kappa shape index (κ2) is 5.81. The van der Waals surface area contributed by atoms with E-state index >= 15 is 0 Å². The molecule has 5 nitrogen and oxygen atoms in total. The average Bonchev–Trinajstić information content (AvgIpc) is 2.74. The van der Waals surface area contributed by atoms with Crippen molar-refractivity contribution in [3.8, 4) is 5.88 Å². The third-order valence-electron chi connectivity index (χ3n) is 3.93. The summed E-state index contributed by atoms with van der Waals surface area (Å²) in [6.45, 7) is 6.37. The van der Waals surface area contributed by atoms with Crippen molar-refractivity contribution in [2.24, 2.45) is 0 Å². The van der Waals surface area contributed by atoms with Crippen molar-refractivity contribution in [2.45, 2.75) is 32.2 Å². The molecular formula is C17H18ClN3O2. The zero-order valence-corrected chi connectivity index (χ0v) is 14.1. The van der Waals surface area contributed by atoms with Gasteiger partial charge in [-0.25, -0.2) is 4.98 Å². The number of carbonyl (C=O) groups is 1. The Morgan fingerprint density at radius 3 is 2.78 bits per heavy atom. The number of amides is 1. The fourth-order valence-corrected chi connectivity index (χ4v) is 3.04. The van der Waals surface area contributed by atoms with E-state index in [1.807, 2.05) is 26.8 Å². The second-order valence-corrected chi connectivity index (χ2v) is 6.13. The Morgan fingerprint density at radius 2 is 2.09 bits per heavy atom. The van der Waals surface area contributed by atoms with Gasteiger partial charge in [0.2, 0.25) is 5.88 Å². The van der Waals surface area contributed by atoms with Crippen LogP contribution in [0, 0.1) is 0 Å². The lowest BCUT2D eigenvalue weighted by atomic mass is 9.99. The minimum Gasteiger partial charge on any atom is -0.478 e. The van der Waals surface area contributed by atoms with Gasteiger partial charge in [0.15, 0.2) is 0 Å². The molecule has 1 amide bonds. The lowest BCUT2D eigenvalue weighted by molar-refractivity contribution is 0.0982. The van der Waals surface area contributed by atoms with E-state index < -0.39 is 5.54 Å². The highest BCUT2D eigenvalue weighted by atomic mass is 35.5. The first kappa shape index (κ1) is 15.7. The monoisotopic (exact) mass is 331 g/mol. The Kier molecular flexibility index (Phi) is 3.98. The van der Waals surface area contributed by atoms with Gasteiger partial charge in [-0.15, -0.1) is 11.6 Å². The van der Waals surface area contributed by atoms with E-state index in [0.717, 1.165) is 5.56 Å². The number of pyridine rings is 2. The molecule has 0 unspecified atom stereocenters. The standard InChI is InChI=1S/C17H18ClN3O2/c1-4-23-14-6-5-13-15(20-14)17(2,3)21(16(13)22)12-7-11(8-18)9-19-10-12/h5-7,9-10H,4,8H2,1-3H3. The van der Waals surface area contributed by atoms with Gasteiger partial charge in [0.05, 0.1) is 35.3 Å². The van der Waals surface area contributed by atoms with Crippen LogP contribution in [0.3, 0.4) is 0 Å². The average molecular weight is 332 g/mol. The smallest absolute Gasteiger partial charge is 0.261 e. The van der Waals surface area contributed by atoms with Crippen LogP contribution >= 0.6 is 11.6 Å². The summed E-state index contributed by atoms with van der Waals surface area (Å²) >= 11 is 5.89. The lowest BCUT2D eigenvalue weighted by Gasteiger charge is -2.31. The molecule has 1 aliphatic rings. The van der Waals surface area contributed by atoms with E-state index in [0.29, 0.717) is 35.3 Å². The van der Waals surface area contributed by atoms with Gasteiger partial charge in [0.25, 0.3) is 5.91 Å². The van der Waals surface area contributed by atoms with Crippen molar-refractivity contribution in [3.05, 3.63) is 47.4 Å². The number of carbonyl (C=O) groups excluding carboxylic acids is 1. The van der Waals surface area contributed by atoms with Crippen LogP contribution in [0.1, 0.15) is 42.4 Å². The maximum atomic E-state index is 12.9. The van der Waals surface area contributed by atoms with Crippen molar-refractivity contribution < 1.29 is 9.53 Å². The van der Waals surface area contributed by atoms with Gasteiger partial charge >= 0.3 is 0 Å². The van der Waals surface area contributed by atoms with Crippen LogP contribution in [0.5, 0.6) is 5.88 Å². The summed E-state index contributed by atoms with van der Waals surface area (Å²) in [7, 11) is 0. The summed E-state index contributed by atoms with van der Waals surface area (Å²) in [5.74, 6) is 0.791.